The van der Waals surface area contributed by atoms with Crippen molar-refractivity contribution in [1.82, 2.24) is 0 Å². The molecule has 0 rings (SSSR count). The van der Waals surface area contributed by atoms with Crippen LogP contribution < -0.4 is 0 Å². The van der Waals surface area contributed by atoms with Gasteiger partial charge in [0.1, 0.15) is 0 Å². The van der Waals surface area contributed by atoms with Gasteiger partial charge in [-0.1, -0.05) is 19.8 Å². The second kappa shape index (κ2) is 7.49. The molecule has 0 aromatic rings. The molecule has 0 aliphatic carbocycles. The van der Waals surface area contributed by atoms with Crippen molar-refractivity contribution < 1.29 is 27.8 Å². The third-order valence-corrected chi connectivity index (χ3v) is 2.02. The first-order chi connectivity index (χ1) is 7.37. The molecule has 0 amide bonds. The zero-order valence-electron chi connectivity index (χ0n) is 9.22. The van der Waals surface area contributed by atoms with Crippen LogP contribution in [-0.4, -0.2) is 30.0 Å². The largest absolute Gasteiger partial charge is 0.479 e. The normalized spacial score (nSPS) is 13.8. The van der Waals surface area contributed by atoms with E-state index < -0.39 is 24.7 Å². The van der Waals surface area contributed by atoms with Crippen LogP contribution in [0, 0.1) is 0 Å². The smallest absolute Gasteiger partial charge is 0.389 e. The first-order valence-electron chi connectivity index (χ1n) is 5.28. The van der Waals surface area contributed by atoms with Gasteiger partial charge in [-0.15, -0.1) is 0 Å². The Bertz CT molecular complexity index is 204. The molecular weight excluding hydrogens is 225 g/mol. The number of ether oxygens (including phenoxy) is 1. The van der Waals surface area contributed by atoms with Crippen LogP contribution in [0.5, 0.6) is 0 Å². The molecule has 0 saturated carbocycles. The Morgan fingerprint density at radius 2 is 2.00 bits per heavy atom. The Labute approximate surface area is 92.6 Å². The van der Waals surface area contributed by atoms with Crippen LogP contribution in [0.3, 0.4) is 0 Å². The van der Waals surface area contributed by atoms with Crippen LogP contribution in [0.4, 0.5) is 13.2 Å². The fourth-order valence-electron chi connectivity index (χ4n) is 1.17. The molecule has 0 heterocycles. The fraction of sp³-hybridized carbons (Fsp3) is 0.900. The topological polar surface area (TPSA) is 46.5 Å². The predicted molar refractivity (Wildman–Crippen MR) is 52.2 cm³/mol. The number of carboxylic acids is 1. The van der Waals surface area contributed by atoms with Gasteiger partial charge in [0.2, 0.25) is 0 Å². The maximum absolute atomic E-state index is 11.8. The lowest BCUT2D eigenvalue weighted by atomic mass is 10.1. The Balaban J connectivity index is 3.72. The third kappa shape index (κ3) is 8.52. The molecule has 6 heteroatoms. The molecule has 1 atom stereocenters. The van der Waals surface area contributed by atoms with Gasteiger partial charge in [0.25, 0.3) is 0 Å². The molecule has 0 radical (unpaired) electrons. The van der Waals surface area contributed by atoms with Gasteiger partial charge in [0, 0.05) is 13.0 Å². The number of hydrogen-bond acceptors (Lipinski definition) is 2. The molecule has 3 nitrogen and oxygen atoms in total. The van der Waals surface area contributed by atoms with Crippen molar-refractivity contribution in [1.29, 1.82) is 0 Å². The van der Waals surface area contributed by atoms with Gasteiger partial charge in [-0.3, -0.25) is 0 Å². The van der Waals surface area contributed by atoms with Gasteiger partial charge in [-0.05, 0) is 12.8 Å². The summed E-state index contributed by atoms with van der Waals surface area (Å²) < 4.78 is 40.2. The summed E-state index contributed by atoms with van der Waals surface area (Å²) >= 11 is 0. The van der Waals surface area contributed by atoms with Gasteiger partial charge in [0.15, 0.2) is 6.10 Å². The number of hydrogen-bond donors (Lipinski definition) is 1. The van der Waals surface area contributed by atoms with Crippen molar-refractivity contribution >= 4 is 5.97 Å². The number of unbranched alkanes of at least 4 members (excludes halogenated alkanes) is 1. The maximum atomic E-state index is 11.8. The number of halogens is 3. The Morgan fingerprint density at radius 1 is 1.38 bits per heavy atom. The first kappa shape index (κ1) is 15.2. The van der Waals surface area contributed by atoms with E-state index in [-0.39, 0.29) is 13.0 Å². The minimum Gasteiger partial charge on any atom is -0.479 e. The zero-order chi connectivity index (χ0) is 12.6. The minimum absolute atomic E-state index is 0.166. The van der Waals surface area contributed by atoms with Crippen molar-refractivity contribution in [3.05, 3.63) is 0 Å². The van der Waals surface area contributed by atoms with Gasteiger partial charge in [-0.2, -0.15) is 13.2 Å². The predicted octanol–water partition coefficient (Wildman–Crippen LogP) is 2.99. The van der Waals surface area contributed by atoms with Crippen LogP contribution in [0.2, 0.25) is 0 Å². The highest BCUT2D eigenvalue weighted by Gasteiger charge is 2.26. The maximum Gasteiger partial charge on any atom is 0.389 e. The lowest BCUT2D eigenvalue weighted by Gasteiger charge is -2.13. The average molecular weight is 242 g/mol. The number of aliphatic carboxylic acids is 1. The van der Waals surface area contributed by atoms with E-state index in [0.717, 1.165) is 6.42 Å². The molecule has 0 spiro atoms. The Hall–Kier alpha value is -0.780. The quantitative estimate of drug-likeness (QED) is 0.665. The first-order valence-corrected chi connectivity index (χ1v) is 5.28. The molecule has 16 heavy (non-hydrogen) atoms. The third-order valence-electron chi connectivity index (χ3n) is 2.02. The highest BCUT2D eigenvalue weighted by Crippen LogP contribution is 2.21. The van der Waals surface area contributed by atoms with Crippen molar-refractivity contribution in [3.63, 3.8) is 0 Å². The van der Waals surface area contributed by atoms with Gasteiger partial charge in [-0.25, -0.2) is 4.79 Å². The molecule has 0 aliphatic rings. The number of carboxylic acid groups (broad SMARTS) is 1. The molecule has 0 aliphatic heterocycles. The van der Waals surface area contributed by atoms with Gasteiger partial charge in [0.05, 0.1) is 0 Å². The van der Waals surface area contributed by atoms with E-state index >= 15 is 0 Å². The standard InChI is InChI=1S/C10H17F3O3/c1-2-3-5-8(9(14)15)16-7-4-6-10(11,12)13/h8H,2-7H2,1H3,(H,14,15). The Kier molecular flexibility index (Phi) is 7.12. The minimum atomic E-state index is -4.20. The van der Waals surface area contributed by atoms with Crippen LogP contribution in [0.25, 0.3) is 0 Å². The zero-order valence-corrected chi connectivity index (χ0v) is 9.22. The van der Waals surface area contributed by atoms with Crippen LogP contribution >= 0.6 is 0 Å². The summed E-state index contributed by atoms with van der Waals surface area (Å²) in [6, 6.07) is 0. The fourth-order valence-corrected chi connectivity index (χ4v) is 1.17. The summed E-state index contributed by atoms with van der Waals surface area (Å²) in [4.78, 5) is 10.6. The monoisotopic (exact) mass is 242 g/mol. The second-order valence-electron chi connectivity index (χ2n) is 3.56. The summed E-state index contributed by atoms with van der Waals surface area (Å²) in [5.41, 5.74) is 0. The summed E-state index contributed by atoms with van der Waals surface area (Å²) in [5, 5.41) is 8.71. The van der Waals surface area contributed by atoms with E-state index in [0.29, 0.717) is 12.8 Å². The number of carbonyl (C=O) groups is 1. The molecule has 1 unspecified atom stereocenters. The van der Waals surface area contributed by atoms with E-state index in [9.17, 15) is 18.0 Å². The van der Waals surface area contributed by atoms with E-state index in [4.69, 9.17) is 9.84 Å². The summed E-state index contributed by atoms with van der Waals surface area (Å²) in [6.45, 7) is 1.74. The molecule has 0 aromatic carbocycles. The van der Waals surface area contributed by atoms with Crippen LogP contribution in [-0.2, 0) is 9.53 Å². The van der Waals surface area contributed by atoms with Crippen LogP contribution in [0.1, 0.15) is 39.0 Å². The molecule has 1 N–H and O–H groups in total. The average Bonchev–Trinajstić information content (AvgIpc) is 2.14. The summed E-state index contributed by atoms with van der Waals surface area (Å²) in [7, 11) is 0. The second-order valence-corrected chi connectivity index (χ2v) is 3.56. The molecule has 0 aromatic heterocycles. The molecule has 0 bridgehead atoms. The van der Waals surface area contributed by atoms with Crippen molar-refractivity contribution in [2.24, 2.45) is 0 Å². The van der Waals surface area contributed by atoms with E-state index in [1.807, 2.05) is 6.92 Å². The van der Waals surface area contributed by atoms with Crippen molar-refractivity contribution in [3.8, 4) is 0 Å². The molecule has 0 saturated heterocycles. The molecular formula is C10H17F3O3. The van der Waals surface area contributed by atoms with Gasteiger partial charge >= 0.3 is 12.1 Å². The van der Waals surface area contributed by atoms with Crippen LogP contribution in [0.15, 0.2) is 0 Å². The summed E-state index contributed by atoms with van der Waals surface area (Å²) in [5.74, 6) is -1.11. The van der Waals surface area contributed by atoms with E-state index in [2.05, 4.69) is 0 Å². The number of rotatable bonds is 8. The lowest BCUT2D eigenvalue weighted by molar-refractivity contribution is -0.153. The summed E-state index contributed by atoms with van der Waals surface area (Å²) in [6.07, 6.45) is -4.45. The van der Waals surface area contributed by atoms with Gasteiger partial charge < -0.3 is 9.84 Å². The molecule has 0 fully saturated rings. The van der Waals surface area contributed by atoms with E-state index in [1.54, 1.807) is 0 Å². The molecule has 96 valence electrons. The van der Waals surface area contributed by atoms with E-state index in [1.165, 1.54) is 0 Å². The lowest BCUT2D eigenvalue weighted by Crippen LogP contribution is -2.24. The Morgan fingerprint density at radius 3 is 2.44 bits per heavy atom. The number of alkyl halides is 3. The van der Waals surface area contributed by atoms with Crippen molar-refractivity contribution in [2.75, 3.05) is 6.61 Å². The highest BCUT2D eigenvalue weighted by atomic mass is 19.4. The van der Waals surface area contributed by atoms with Crippen molar-refractivity contribution in [2.45, 2.75) is 51.3 Å². The SMILES string of the molecule is CCCCC(OCCCC(F)(F)F)C(=O)O. The highest BCUT2D eigenvalue weighted by molar-refractivity contribution is 5.72.